The number of amides is 1. The first-order valence-electron chi connectivity index (χ1n) is 11.4. The topological polar surface area (TPSA) is 162 Å². The highest BCUT2D eigenvalue weighted by Crippen LogP contribution is 2.26. The highest BCUT2D eigenvalue weighted by Gasteiger charge is 2.21. The lowest BCUT2D eigenvalue weighted by Crippen LogP contribution is -2.38. The van der Waals surface area contributed by atoms with Crippen LogP contribution in [-0.4, -0.2) is 80.2 Å². The molecule has 4 aromatic rings. The lowest BCUT2D eigenvalue weighted by molar-refractivity contribution is 0.0321. The molecule has 0 unspecified atom stereocenters. The Labute approximate surface area is 214 Å². The molecule has 5 heterocycles. The molecule has 15 heteroatoms. The molecule has 1 amide bonds. The van der Waals surface area contributed by atoms with Gasteiger partial charge >= 0.3 is 5.63 Å². The lowest BCUT2D eigenvalue weighted by Gasteiger charge is -2.26. The molecule has 1 saturated heterocycles. The molecular formula is C22H23N9O5S. The molecule has 1 fully saturated rings. The maximum absolute atomic E-state index is 12.9. The van der Waals surface area contributed by atoms with E-state index in [0.717, 1.165) is 30.1 Å². The summed E-state index contributed by atoms with van der Waals surface area (Å²) in [5.74, 6) is -0.796. The fourth-order valence-electron chi connectivity index (χ4n) is 3.49. The Balaban J connectivity index is 1.35. The predicted octanol–water partition coefficient (Wildman–Crippen LogP) is 1.48. The minimum Gasteiger partial charge on any atom is -0.484 e. The van der Waals surface area contributed by atoms with E-state index in [0.29, 0.717) is 24.9 Å². The Morgan fingerprint density at radius 1 is 1.19 bits per heavy atom. The molecule has 1 aliphatic heterocycles. The fourth-order valence-corrected chi connectivity index (χ4v) is 4.25. The van der Waals surface area contributed by atoms with Crippen molar-refractivity contribution in [3.8, 4) is 10.9 Å². The molecule has 0 atom stereocenters. The molecule has 5 rings (SSSR count). The zero-order chi connectivity index (χ0) is 25.6. The van der Waals surface area contributed by atoms with Crippen LogP contribution in [0.1, 0.15) is 16.2 Å². The second-order valence-corrected chi connectivity index (χ2v) is 8.83. The average Bonchev–Trinajstić information content (AvgIpc) is 3.55. The first kappa shape index (κ1) is 24.5. The number of aryl methyl sites for hydroxylation is 1. The summed E-state index contributed by atoms with van der Waals surface area (Å²) < 4.78 is 18.0. The van der Waals surface area contributed by atoms with Crippen LogP contribution in [0.4, 0.5) is 16.8 Å². The van der Waals surface area contributed by atoms with Crippen molar-refractivity contribution >= 4 is 34.0 Å². The van der Waals surface area contributed by atoms with Crippen LogP contribution < -0.4 is 21.0 Å². The Hall–Kier alpha value is -4.21. The first-order chi connectivity index (χ1) is 18.1. The minimum absolute atomic E-state index is 0.0791. The van der Waals surface area contributed by atoms with Crippen molar-refractivity contribution in [2.24, 2.45) is 0 Å². The summed E-state index contributed by atoms with van der Waals surface area (Å²) in [5.41, 5.74) is 0.237. The van der Waals surface area contributed by atoms with E-state index in [1.54, 1.807) is 29.3 Å². The summed E-state index contributed by atoms with van der Waals surface area (Å²) >= 11 is 1.12. The van der Waals surface area contributed by atoms with Crippen LogP contribution in [0, 0.1) is 6.92 Å². The van der Waals surface area contributed by atoms with E-state index in [1.165, 1.54) is 6.07 Å². The predicted molar refractivity (Wildman–Crippen MR) is 133 cm³/mol. The van der Waals surface area contributed by atoms with Crippen molar-refractivity contribution in [3.05, 3.63) is 58.7 Å². The molecule has 0 aliphatic carbocycles. The van der Waals surface area contributed by atoms with E-state index >= 15 is 0 Å². The number of nitrogens with zero attached hydrogens (tertiary/aromatic N) is 7. The highest BCUT2D eigenvalue weighted by molar-refractivity contribution is 7.17. The standard InChI is InChI=1S/C22H23N9O5S/c1-14-3-6-25-31(14)22-29-28-21(37-22)27-18(32)16-13-15(26-20-23-4-2-5-24-20)17(19(33)36-16)35-12-9-30-7-10-34-11-8-30/h2-6,13H,7-12H2,1H3,(H,23,24,26)(H,27,28,32). The number of hydrogen-bond acceptors (Lipinski definition) is 13. The van der Waals surface area contributed by atoms with E-state index in [9.17, 15) is 9.59 Å². The third kappa shape index (κ3) is 5.96. The molecular weight excluding hydrogens is 502 g/mol. The fraction of sp³-hybridized carbons (Fsp3) is 0.318. The van der Waals surface area contributed by atoms with Gasteiger partial charge in [-0.05, 0) is 19.1 Å². The monoisotopic (exact) mass is 525 g/mol. The summed E-state index contributed by atoms with van der Waals surface area (Å²) in [5, 5.41) is 18.4. The van der Waals surface area contributed by atoms with Gasteiger partial charge in [0.05, 0.1) is 18.9 Å². The summed E-state index contributed by atoms with van der Waals surface area (Å²) in [7, 11) is 0. The molecule has 0 saturated carbocycles. The molecule has 0 radical (unpaired) electrons. The van der Waals surface area contributed by atoms with Crippen LogP contribution in [0.3, 0.4) is 0 Å². The summed E-state index contributed by atoms with van der Waals surface area (Å²) in [4.78, 5) is 36.2. The quantitative estimate of drug-likeness (QED) is 0.324. The second kappa shape index (κ2) is 11.2. The Morgan fingerprint density at radius 2 is 2.00 bits per heavy atom. The van der Waals surface area contributed by atoms with Gasteiger partial charge in [-0.3, -0.25) is 15.0 Å². The van der Waals surface area contributed by atoms with Crippen LogP contribution in [-0.2, 0) is 4.74 Å². The van der Waals surface area contributed by atoms with Crippen molar-refractivity contribution < 1.29 is 18.7 Å². The zero-order valence-corrected chi connectivity index (χ0v) is 20.6. The second-order valence-electron chi connectivity index (χ2n) is 7.87. The number of morpholine rings is 1. The van der Waals surface area contributed by atoms with Crippen molar-refractivity contribution in [2.45, 2.75) is 6.92 Å². The van der Waals surface area contributed by atoms with E-state index < -0.39 is 11.5 Å². The van der Waals surface area contributed by atoms with Gasteiger partial charge in [-0.1, -0.05) is 11.3 Å². The Kier molecular flexibility index (Phi) is 7.43. The summed E-state index contributed by atoms with van der Waals surface area (Å²) in [6.45, 7) is 5.59. The number of anilines is 3. The summed E-state index contributed by atoms with van der Waals surface area (Å²) in [6, 6.07) is 4.84. The number of hydrogen-bond donors (Lipinski definition) is 2. The van der Waals surface area contributed by atoms with Crippen molar-refractivity contribution in [1.82, 2.24) is 34.8 Å². The smallest absolute Gasteiger partial charge is 0.381 e. The van der Waals surface area contributed by atoms with Crippen LogP contribution in [0.25, 0.3) is 5.13 Å². The number of carbonyl (C=O) groups excluding carboxylic acids is 1. The van der Waals surface area contributed by atoms with Gasteiger partial charge in [0.25, 0.3) is 5.91 Å². The van der Waals surface area contributed by atoms with Crippen molar-refractivity contribution in [2.75, 3.05) is 50.1 Å². The molecule has 37 heavy (non-hydrogen) atoms. The normalized spacial score (nSPS) is 13.9. The average molecular weight is 526 g/mol. The van der Waals surface area contributed by atoms with Gasteiger partial charge in [0.15, 0.2) is 5.76 Å². The highest BCUT2D eigenvalue weighted by atomic mass is 32.1. The van der Waals surface area contributed by atoms with Gasteiger partial charge in [-0.15, -0.1) is 10.2 Å². The van der Waals surface area contributed by atoms with Gasteiger partial charge in [0.1, 0.15) is 6.61 Å². The van der Waals surface area contributed by atoms with Crippen LogP contribution in [0.15, 0.2) is 46.0 Å². The van der Waals surface area contributed by atoms with E-state index in [1.807, 2.05) is 13.0 Å². The van der Waals surface area contributed by atoms with Gasteiger partial charge in [-0.2, -0.15) is 5.10 Å². The number of ether oxygens (including phenoxy) is 2. The van der Waals surface area contributed by atoms with Crippen LogP contribution in [0.5, 0.6) is 5.75 Å². The van der Waals surface area contributed by atoms with Gasteiger partial charge < -0.3 is 19.2 Å². The van der Waals surface area contributed by atoms with E-state index in [-0.39, 0.29) is 34.9 Å². The maximum atomic E-state index is 12.9. The number of carbonyl (C=O) groups is 1. The largest absolute Gasteiger partial charge is 0.484 e. The first-order valence-corrected chi connectivity index (χ1v) is 12.2. The van der Waals surface area contributed by atoms with Crippen molar-refractivity contribution in [1.29, 1.82) is 0 Å². The van der Waals surface area contributed by atoms with Crippen LogP contribution >= 0.6 is 11.3 Å². The molecule has 1 aliphatic rings. The molecule has 0 aromatic carbocycles. The van der Waals surface area contributed by atoms with Gasteiger partial charge in [0.2, 0.25) is 22.0 Å². The minimum atomic E-state index is -0.821. The molecule has 0 spiro atoms. The molecule has 4 aromatic heterocycles. The third-order valence-corrected chi connectivity index (χ3v) is 6.16. The number of rotatable bonds is 9. The molecule has 0 bridgehead atoms. The molecule has 14 nitrogen and oxygen atoms in total. The molecule has 192 valence electrons. The Bertz CT molecular complexity index is 1420. The SMILES string of the molecule is Cc1ccnn1-c1nnc(NC(=O)c2cc(Nc3ncccn3)c(OCCN3CCOCC3)c(=O)o2)s1. The Morgan fingerprint density at radius 3 is 2.76 bits per heavy atom. The third-order valence-electron chi connectivity index (χ3n) is 5.35. The van der Waals surface area contributed by atoms with Gasteiger partial charge in [-0.25, -0.2) is 19.4 Å². The van der Waals surface area contributed by atoms with Gasteiger partial charge in [0, 0.05) is 50.0 Å². The summed E-state index contributed by atoms with van der Waals surface area (Å²) in [6.07, 6.45) is 4.72. The van der Waals surface area contributed by atoms with E-state index in [4.69, 9.17) is 13.9 Å². The number of aromatic nitrogens is 6. The maximum Gasteiger partial charge on any atom is 0.381 e. The van der Waals surface area contributed by atoms with E-state index in [2.05, 4.69) is 40.8 Å². The number of nitrogens with one attached hydrogen (secondary N) is 2. The zero-order valence-electron chi connectivity index (χ0n) is 19.8. The van der Waals surface area contributed by atoms with Crippen LogP contribution in [0.2, 0.25) is 0 Å². The van der Waals surface area contributed by atoms with Crippen molar-refractivity contribution in [3.63, 3.8) is 0 Å². The lowest BCUT2D eigenvalue weighted by atomic mass is 10.3. The molecule has 2 N–H and O–H groups in total.